The number of hydrogen-bond acceptors (Lipinski definition) is 2. The first-order valence-electron chi connectivity index (χ1n) is 4.24. The molecule has 3 rings (SSSR count). The summed E-state index contributed by atoms with van der Waals surface area (Å²) in [6.07, 6.45) is 0.966. The number of aliphatic hydroxyl groups is 1. The van der Waals surface area contributed by atoms with Crippen molar-refractivity contribution in [2.45, 2.75) is 32.8 Å². The van der Waals surface area contributed by atoms with Gasteiger partial charge in [0.05, 0.1) is 6.10 Å². The number of ketones is 1. The molecule has 0 saturated heterocycles. The molecule has 3 fully saturated rings. The van der Waals surface area contributed by atoms with Crippen LogP contribution in [0, 0.1) is 17.3 Å². The quantitative estimate of drug-likeness (QED) is 0.564. The van der Waals surface area contributed by atoms with Gasteiger partial charge < -0.3 is 5.11 Å². The minimum absolute atomic E-state index is 0.0781. The van der Waals surface area contributed by atoms with Crippen LogP contribution in [0.2, 0.25) is 0 Å². The van der Waals surface area contributed by atoms with Crippen LogP contribution in [0.25, 0.3) is 0 Å². The Bertz CT molecular complexity index is 208. The van der Waals surface area contributed by atoms with Gasteiger partial charge in [-0.15, -0.1) is 0 Å². The average molecular weight is 154 g/mol. The zero-order valence-corrected chi connectivity index (χ0v) is 7.00. The van der Waals surface area contributed by atoms with E-state index in [0.29, 0.717) is 12.3 Å². The molecule has 11 heavy (non-hydrogen) atoms. The predicted octanol–water partition coefficient (Wildman–Crippen LogP) is 0.982. The van der Waals surface area contributed by atoms with E-state index in [0.717, 1.165) is 6.42 Å². The first-order valence-corrected chi connectivity index (χ1v) is 4.24. The van der Waals surface area contributed by atoms with E-state index in [1.54, 1.807) is 0 Å². The second kappa shape index (κ2) is 1.86. The Morgan fingerprint density at radius 2 is 2.18 bits per heavy atom. The normalized spacial score (nSPS) is 46.8. The van der Waals surface area contributed by atoms with Gasteiger partial charge in [-0.25, -0.2) is 0 Å². The Morgan fingerprint density at radius 1 is 1.55 bits per heavy atom. The number of fused-ring (bicyclic) bond motifs is 2. The summed E-state index contributed by atoms with van der Waals surface area (Å²) >= 11 is 0. The summed E-state index contributed by atoms with van der Waals surface area (Å²) < 4.78 is 0. The first-order chi connectivity index (χ1) is 5.03. The summed E-state index contributed by atoms with van der Waals surface area (Å²) in [6.45, 7) is 4.18. The van der Waals surface area contributed by atoms with Gasteiger partial charge in [-0.05, 0) is 17.8 Å². The molecule has 0 spiro atoms. The molecule has 1 N–H and O–H groups in total. The summed E-state index contributed by atoms with van der Waals surface area (Å²) in [6, 6.07) is 0. The second-order valence-electron chi connectivity index (χ2n) is 4.45. The van der Waals surface area contributed by atoms with Crippen molar-refractivity contribution in [3.05, 3.63) is 0 Å². The summed E-state index contributed by atoms with van der Waals surface area (Å²) in [5.74, 6) is 0.895. The Balaban J connectivity index is 2.26. The van der Waals surface area contributed by atoms with E-state index in [4.69, 9.17) is 0 Å². The Labute approximate surface area is 66.6 Å². The van der Waals surface area contributed by atoms with Gasteiger partial charge in [0, 0.05) is 12.3 Å². The van der Waals surface area contributed by atoms with Gasteiger partial charge in [-0.1, -0.05) is 13.8 Å². The Kier molecular flexibility index (Phi) is 1.23. The van der Waals surface area contributed by atoms with Crippen LogP contribution in [0.3, 0.4) is 0 Å². The van der Waals surface area contributed by atoms with Gasteiger partial charge in [0.25, 0.3) is 0 Å². The van der Waals surface area contributed by atoms with Crippen molar-refractivity contribution in [1.29, 1.82) is 0 Å². The molecular weight excluding hydrogens is 140 g/mol. The van der Waals surface area contributed by atoms with Crippen LogP contribution in [0.5, 0.6) is 0 Å². The fraction of sp³-hybridized carbons (Fsp3) is 0.889. The molecule has 3 unspecified atom stereocenters. The van der Waals surface area contributed by atoms with E-state index in [1.807, 2.05) is 0 Å². The molecule has 3 aliphatic carbocycles. The van der Waals surface area contributed by atoms with Gasteiger partial charge in [0.2, 0.25) is 0 Å². The van der Waals surface area contributed by atoms with Crippen LogP contribution in [0.15, 0.2) is 0 Å². The molecule has 2 heteroatoms. The number of rotatable bonds is 0. The minimum atomic E-state index is -0.359. The summed E-state index contributed by atoms with van der Waals surface area (Å²) in [7, 11) is 0. The molecule has 0 aliphatic heterocycles. The molecule has 2 nitrogen and oxygen atoms in total. The second-order valence-corrected chi connectivity index (χ2v) is 4.45. The standard InChI is InChI=1S/C9H14O2/c1-9(2)5-3-6(9)8(11)4-7(5)10/h5-7,10H,3-4H2,1-2H3. The molecule has 0 aromatic heterocycles. The molecule has 2 bridgehead atoms. The van der Waals surface area contributed by atoms with E-state index in [2.05, 4.69) is 13.8 Å². The zero-order chi connectivity index (χ0) is 8.22. The molecule has 3 atom stereocenters. The van der Waals surface area contributed by atoms with E-state index in [1.165, 1.54) is 0 Å². The fourth-order valence-corrected chi connectivity index (χ4v) is 2.65. The third-order valence-electron chi connectivity index (χ3n) is 3.61. The minimum Gasteiger partial charge on any atom is -0.392 e. The molecule has 0 radical (unpaired) electrons. The van der Waals surface area contributed by atoms with Gasteiger partial charge in [0.15, 0.2) is 0 Å². The summed E-state index contributed by atoms with van der Waals surface area (Å²) in [5.41, 5.74) is 0.0781. The van der Waals surface area contributed by atoms with Crippen LogP contribution in [-0.2, 0) is 4.79 Å². The van der Waals surface area contributed by atoms with Crippen molar-refractivity contribution in [2.75, 3.05) is 0 Å². The van der Waals surface area contributed by atoms with Crippen LogP contribution in [0.4, 0.5) is 0 Å². The first kappa shape index (κ1) is 7.29. The van der Waals surface area contributed by atoms with Crippen molar-refractivity contribution in [3.8, 4) is 0 Å². The molecular formula is C9H14O2. The maximum atomic E-state index is 11.3. The third-order valence-corrected chi connectivity index (χ3v) is 3.61. The molecule has 3 saturated carbocycles. The number of aliphatic hydroxyl groups excluding tert-OH is 1. The van der Waals surface area contributed by atoms with E-state index >= 15 is 0 Å². The predicted molar refractivity (Wildman–Crippen MR) is 41.0 cm³/mol. The SMILES string of the molecule is CC1(C)C2CC1C(O)CC2=O. The Hall–Kier alpha value is -0.370. The largest absolute Gasteiger partial charge is 0.392 e. The monoisotopic (exact) mass is 154 g/mol. The molecule has 0 heterocycles. The maximum Gasteiger partial charge on any atom is 0.139 e. The van der Waals surface area contributed by atoms with Gasteiger partial charge in [0.1, 0.15) is 5.78 Å². The van der Waals surface area contributed by atoms with Crippen molar-refractivity contribution < 1.29 is 9.90 Å². The van der Waals surface area contributed by atoms with E-state index in [-0.39, 0.29) is 23.2 Å². The summed E-state index contributed by atoms with van der Waals surface area (Å²) in [5, 5.41) is 9.50. The van der Waals surface area contributed by atoms with Gasteiger partial charge in [-0.2, -0.15) is 0 Å². The lowest BCUT2D eigenvalue weighted by Crippen LogP contribution is -2.59. The highest BCUT2D eigenvalue weighted by Crippen LogP contribution is 2.57. The highest BCUT2D eigenvalue weighted by atomic mass is 16.3. The lowest BCUT2D eigenvalue weighted by molar-refractivity contribution is -0.168. The number of carbonyl (C=O) groups is 1. The molecule has 0 aromatic rings. The van der Waals surface area contributed by atoms with Crippen molar-refractivity contribution in [2.24, 2.45) is 17.3 Å². The molecule has 0 aromatic carbocycles. The lowest BCUT2D eigenvalue weighted by Gasteiger charge is -2.57. The zero-order valence-electron chi connectivity index (χ0n) is 7.00. The molecule has 62 valence electrons. The maximum absolute atomic E-state index is 11.3. The van der Waals surface area contributed by atoms with E-state index < -0.39 is 0 Å². The lowest BCUT2D eigenvalue weighted by atomic mass is 9.47. The fourth-order valence-electron chi connectivity index (χ4n) is 2.65. The van der Waals surface area contributed by atoms with Crippen LogP contribution >= 0.6 is 0 Å². The number of Topliss-reactive ketones (excluding diaryl/α,β-unsaturated/α-hetero) is 1. The smallest absolute Gasteiger partial charge is 0.139 e. The van der Waals surface area contributed by atoms with Crippen LogP contribution < -0.4 is 0 Å². The van der Waals surface area contributed by atoms with Crippen molar-refractivity contribution >= 4 is 5.78 Å². The average Bonchev–Trinajstić information content (AvgIpc) is 1.84. The highest BCUT2D eigenvalue weighted by Gasteiger charge is 2.58. The Morgan fingerprint density at radius 3 is 2.55 bits per heavy atom. The molecule has 0 amide bonds. The van der Waals surface area contributed by atoms with Crippen LogP contribution in [0.1, 0.15) is 26.7 Å². The number of hydrogen-bond donors (Lipinski definition) is 1. The topological polar surface area (TPSA) is 37.3 Å². The van der Waals surface area contributed by atoms with Crippen molar-refractivity contribution in [3.63, 3.8) is 0 Å². The van der Waals surface area contributed by atoms with E-state index in [9.17, 15) is 9.90 Å². The van der Waals surface area contributed by atoms with Crippen molar-refractivity contribution in [1.82, 2.24) is 0 Å². The molecule has 3 aliphatic rings. The van der Waals surface area contributed by atoms with Crippen LogP contribution in [-0.4, -0.2) is 17.0 Å². The number of carbonyl (C=O) groups excluding carboxylic acids is 1. The van der Waals surface area contributed by atoms with Gasteiger partial charge >= 0.3 is 0 Å². The summed E-state index contributed by atoms with van der Waals surface area (Å²) in [4.78, 5) is 11.3. The van der Waals surface area contributed by atoms with Gasteiger partial charge in [-0.3, -0.25) is 4.79 Å². The third kappa shape index (κ3) is 0.734. The highest BCUT2D eigenvalue weighted by molar-refractivity contribution is 5.85.